The van der Waals surface area contributed by atoms with Crippen LogP contribution in [0, 0.1) is 25.8 Å². The second kappa shape index (κ2) is 8.15. The summed E-state index contributed by atoms with van der Waals surface area (Å²) in [5, 5.41) is 2.05. The number of rotatable bonds is 3. The van der Waals surface area contributed by atoms with Gasteiger partial charge in [0, 0.05) is 27.6 Å². The van der Waals surface area contributed by atoms with Gasteiger partial charge in [0.25, 0.3) is 0 Å². The number of aromatic nitrogens is 1. The second-order valence-electron chi connectivity index (χ2n) is 10.3. The number of hydrogen-bond donors (Lipinski definition) is 0. The fourth-order valence-electron chi connectivity index (χ4n) is 4.64. The zero-order valence-corrected chi connectivity index (χ0v) is 20.4. The van der Waals surface area contributed by atoms with Gasteiger partial charge in [-0.3, -0.25) is 4.98 Å². The van der Waals surface area contributed by atoms with Gasteiger partial charge in [-0.25, -0.2) is 4.85 Å². The maximum atomic E-state index is 7.74. The molecule has 5 rings (SSSR count). The van der Waals surface area contributed by atoms with Gasteiger partial charge in [0.2, 0.25) is 0 Å². The Labute approximate surface area is 200 Å². The molecular formula is C31H28N2O. The zero-order valence-electron chi connectivity index (χ0n) is 20.4. The largest absolute Gasteiger partial charge is 0.456 e. The van der Waals surface area contributed by atoms with Crippen LogP contribution in [0.25, 0.3) is 49.2 Å². The van der Waals surface area contributed by atoms with E-state index in [0.29, 0.717) is 5.69 Å². The topological polar surface area (TPSA) is 30.4 Å². The minimum Gasteiger partial charge on any atom is -0.456 e. The molecule has 0 radical (unpaired) electrons. The molecule has 0 aliphatic rings. The summed E-state index contributed by atoms with van der Waals surface area (Å²) in [5.74, 6) is 0. The number of fused-ring (bicyclic) bond motifs is 3. The summed E-state index contributed by atoms with van der Waals surface area (Å²) in [5.41, 5.74) is 9.58. The molecule has 2 heterocycles. The Kier molecular flexibility index (Phi) is 5.25. The highest BCUT2D eigenvalue weighted by Gasteiger charge is 2.20. The first-order valence-corrected chi connectivity index (χ1v) is 11.6. The summed E-state index contributed by atoms with van der Waals surface area (Å²) in [4.78, 5) is 8.76. The summed E-state index contributed by atoms with van der Waals surface area (Å²) in [7, 11) is 0. The summed E-state index contributed by atoms with van der Waals surface area (Å²) in [6, 6.07) is 22.7. The molecular weight excluding hydrogens is 416 g/mol. The van der Waals surface area contributed by atoms with Crippen molar-refractivity contribution >= 4 is 27.6 Å². The lowest BCUT2D eigenvalue weighted by Crippen LogP contribution is -2.11. The molecule has 0 aliphatic carbocycles. The maximum absolute atomic E-state index is 7.74. The molecule has 34 heavy (non-hydrogen) atoms. The first-order chi connectivity index (χ1) is 16.2. The Morgan fingerprint density at radius 2 is 1.59 bits per heavy atom. The maximum Gasteiger partial charge on any atom is 0.198 e. The SMILES string of the molecule is [C-]#[N+]c1ccc2c(oc3c(-c4ccc(CC(C)(C)C)c(C)n4)cccc32)c1-c1ccc(C)cc1. The molecule has 2 aromatic heterocycles. The van der Waals surface area contributed by atoms with Crippen LogP contribution < -0.4 is 0 Å². The third-order valence-electron chi connectivity index (χ3n) is 6.30. The van der Waals surface area contributed by atoms with Gasteiger partial charge in [-0.05, 0) is 48.9 Å². The van der Waals surface area contributed by atoms with Crippen molar-refractivity contribution in [1.29, 1.82) is 0 Å². The average molecular weight is 445 g/mol. The van der Waals surface area contributed by atoms with Gasteiger partial charge in [-0.15, -0.1) is 0 Å². The van der Waals surface area contributed by atoms with Gasteiger partial charge in [0.05, 0.1) is 12.3 Å². The predicted octanol–water partition coefficient (Wildman–Crippen LogP) is 9.07. The number of hydrogen-bond acceptors (Lipinski definition) is 2. The average Bonchev–Trinajstić information content (AvgIpc) is 3.18. The summed E-state index contributed by atoms with van der Waals surface area (Å²) in [6.45, 7) is 18.6. The van der Waals surface area contributed by atoms with E-state index >= 15 is 0 Å². The van der Waals surface area contributed by atoms with Crippen LogP contribution in [0.1, 0.15) is 37.6 Å². The van der Waals surface area contributed by atoms with E-state index in [-0.39, 0.29) is 5.41 Å². The van der Waals surface area contributed by atoms with Gasteiger partial charge in [-0.1, -0.05) is 80.9 Å². The van der Waals surface area contributed by atoms with E-state index < -0.39 is 0 Å². The first-order valence-electron chi connectivity index (χ1n) is 11.6. The van der Waals surface area contributed by atoms with Crippen LogP contribution in [0.5, 0.6) is 0 Å². The zero-order chi connectivity index (χ0) is 24.0. The van der Waals surface area contributed by atoms with E-state index in [1.165, 1.54) is 11.1 Å². The smallest absolute Gasteiger partial charge is 0.198 e. The normalized spacial score (nSPS) is 11.8. The molecule has 0 spiro atoms. The van der Waals surface area contributed by atoms with E-state index in [9.17, 15) is 0 Å². The molecule has 3 aromatic carbocycles. The molecule has 0 saturated heterocycles. The Bertz CT molecular complexity index is 1580. The van der Waals surface area contributed by atoms with Crippen molar-refractivity contribution in [2.45, 2.75) is 41.0 Å². The molecule has 168 valence electrons. The molecule has 0 unspecified atom stereocenters. The van der Waals surface area contributed by atoms with Gasteiger partial charge >= 0.3 is 0 Å². The molecule has 3 heteroatoms. The molecule has 0 atom stereocenters. The Hall–Kier alpha value is -3.90. The van der Waals surface area contributed by atoms with Crippen molar-refractivity contribution in [2.24, 2.45) is 5.41 Å². The van der Waals surface area contributed by atoms with E-state index in [0.717, 1.165) is 56.4 Å². The Morgan fingerprint density at radius 1 is 0.853 bits per heavy atom. The number of furan rings is 1. The third kappa shape index (κ3) is 3.86. The van der Waals surface area contributed by atoms with Gasteiger partial charge in [0.1, 0.15) is 11.2 Å². The summed E-state index contributed by atoms with van der Waals surface area (Å²) in [6.07, 6.45) is 0.986. The van der Waals surface area contributed by atoms with Gasteiger partial charge in [0.15, 0.2) is 5.69 Å². The fraction of sp³-hybridized carbons (Fsp3) is 0.226. The minimum absolute atomic E-state index is 0.208. The van der Waals surface area contributed by atoms with Crippen LogP contribution in [0.2, 0.25) is 0 Å². The quantitative estimate of drug-likeness (QED) is 0.260. The van der Waals surface area contributed by atoms with E-state index in [2.05, 4.69) is 94.1 Å². The van der Waals surface area contributed by atoms with Gasteiger partial charge in [-0.2, -0.15) is 0 Å². The fourth-order valence-corrected chi connectivity index (χ4v) is 4.64. The van der Waals surface area contributed by atoms with E-state index in [4.69, 9.17) is 16.0 Å². The number of nitrogens with zero attached hydrogens (tertiary/aromatic N) is 2. The van der Waals surface area contributed by atoms with Crippen molar-refractivity contribution in [3.63, 3.8) is 0 Å². The minimum atomic E-state index is 0.208. The molecule has 0 saturated carbocycles. The van der Waals surface area contributed by atoms with Crippen LogP contribution in [-0.2, 0) is 6.42 Å². The van der Waals surface area contributed by atoms with Crippen molar-refractivity contribution in [3.8, 4) is 22.4 Å². The lowest BCUT2D eigenvalue weighted by molar-refractivity contribution is 0.409. The number of benzene rings is 3. The third-order valence-corrected chi connectivity index (χ3v) is 6.30. The number of para-hydroxylation sites is 1. The molecule has 0 amide bonds. The van der Waals surface area contributed by atoms with E-state index in [1.807, 2.05) is 12.1 Å². The van der Waals surface area contributed by atoms with E-state index in [1.54, 1.807) is 0 Å². The highest BCUT2D eigenvalue weighted by molar-refractivity contribution is 6.14. The van der Waals surface area contributed by atoms with Crippen LogP contribution in [0.3, 0.4) is 0 Å². The van der Waals surface area contributed by atoms with Gasteiger partial charge < -0.3 is 4.42 Å². The van der Waals surface area contributed by atoms with Crippen molar-refractivity contribution < 1.29 is 4.42 Å². The monoisotopic (exact) mass is 444 g/mol. The van der Waals surface area contributed by atoms with Crippen LogP contribution in [-0.4, -0.2) is 4.98 Å². The predicted molar refractivity (Wildman–Crippen MR) is 141 cm³/mol. The Morgan fingerprint density at radius 3 is 2.26 bits per heavy atom. The van der Waals surface area contributed by atoms with Crippen molar-refractivity contribution in [2.75, 3.05) is 0 Å². The molecule has 5 aromatic rings. The number of aryl methyl sites for hydroxylation is 2. The lowest BCUT2D eigenvalue weighted by Gasteiger charge is -2.19. The highest BCUT2D eigenvalue weighted by Crippen LogP contribution is 2.43. The second-order valence-corrected chi connectivity index (χ2v) is 10.3. The van der Waals surface area contributed by atoms with Crippen LogP contribution >= 0.6 is 0 Å². The van der Waals surface area contributed by atoms with Crippen LogP contribution in [0.4, 0.5) is 5.69 Å². The molecule has 0 N–H and O–H groups in total. The Balaban J connectivity index is 1.73. The molecule has 3 nitrogen and oxygen atoms in total. The first kappa shape index (κ1) is 21.9. The lowest BCUT2D eigenvalue weighted by atomic mass is 9.87. The van der Waals surface area contributed by atoms with Crippen molar-refractivity contribution in [3.05, 3.63) is 95.0 Å². The standard InChI is InChI=1S/C31H28N2O/c1-19-10-12-21(13-11-19)28-27(32-6)17-15-24-23-8-7-9-25(29(23)34-30(24)28)26-16-14-22(20(2)33-26)18-31(3,4)5/h7-17H,18H2,1-5H3. The van der Waals surface area contributed by atoms with Crippen molar-refractivity contribution in [1.82, 2.24) is 4.98 Å². The van der Waals surface area contributed by atoms with Crippen LogP contribution in [0.15, 0.2) is 71.1 Å². The number of pyridine rings is 1. The highest BCUT2D eigenvalue weighted by atomic mass is 16.3. The molecule has 0 fully saturated rings. The summed E-state index contributed by atoms with van der Waals surface area (Å²) >= 11 is 0. The molecule has 0 aliphatic heterocycles. The molecule has 0 bridgehead atoms. The summed E-state index contributed by atoms with van der Waals surface area (Å²) < 4.78 is 6.56.